The molecule has 118 valence electrons. The summed E-state index contributed by atoms with van der Waals surface area (Å²) >= 11 is 0. The van der Waals surface area contributed by atoms with Gasteiger partial charge < -0.3 is 4.74 Å². The number of hydrogen-bond donors (Lipinski definition) is 0. The van der Waals surface area contributed by atoms with Gasteiger partial charge in [0.05, 0.1) is 6.42 Å². The number of allylic oxidation sites excluding steroid dienone is 2. The van der Waals surface area contributed by atoms with Crippen LogP contribution >= 0.6 is 0 Å². The first-order chi connectivity index (χ1) is 10.5. The van der Waals surface area contributed by atoms with Gasteiger partial charge >= 0.3 is 0 Å². The Morgan fingerprint density at radius 3 is 2.45 bits per heavy atom. The van der Waals surface area contributed by atoms with E-state index in [0.29, 0.717) is 19.4 Å². The number of carbonyl (C=O) groups excluding carboxylic acids is 2. The minimum absolute atomic E-state index is 0.000372. The van der Waals surface area contributed by atoms with Crippen molar-refractivity contribution in [1.82, 2.24) is 0 Å². The van der Waals surface area contributed by atoms with Crippen molar-refractivity contribution in [1.29, 1.82) is 0 Å². The van der Waals surface area contributed by atoms with Gasteiger partial charge in [-0.05, 0) is 35.5 Å². The van der Waals surface area contributed by atoms with Crippen LogP contribution in [0.3, 0.4) is 0 Å². The van der Waals surface area contributed by atoms with Gasteiger partial charge in [0.15, 0.2) is 5.78 Å². The zero-order valence-electron chi connectivity index (χ0n) is 13.6. The Hall–Kier alpha value is -1.74. The van der Waals surface area contributed by atoms with Crippen LogP contribution in [0.1, 0.15) is 32.3 Å². The minimum Gasteiger partial charge on any atom is -0.385 e. The first-order valence-electron chi connectivity index (χ1n) is 7.86. The first kappa shape index (κ1) is 16.6. The van der Waals surface area contributed by atoms with Crippen LogP contribution in [0.2, 0.25) is 0 Å². The molecule has 2 rings (SSSR count). The Morgan fingerprint density at radius 1 is 1.18 bits per heavy atom. The maximum atomic E-state index is 12.4. The normalized spacial score (nSPS) is 19.2. The van der Waals surface area contributed by atoms with Crippen molar-refractivity contribution in [2.45, 2.75) is 33.1 Å². The van der Waals surface area contributed by atoms with Crippen LogP contribution < -0.4 is 0 Å². The van der Waals surface area contributed by atoms with Crippen LogP contribution in [0, 0.1) is 11.8 Å². The summed E-state index contributed by atoms with van der Waals surface area (Å²) in [5.74, 6) is -0.00316. The van der Waals surface area contributed by atoms with E-state index in [1.807, 2.05) is 44.2 Å². The van der Waals surface area contributed by atoms with Gasteiger partial charge in [0.25, 0.3) is 0 Å². The smallest absolute Gasteiger partial charge is 0.166 e. The average Bonchev–Trinajstić information content (AvgIpc) is 2.47. The van der Waals surface area contributed by atoms with Crippen molar-refractivity contribution < 1.29 is 14.3 Å². The van der Waals surface area contributed by atoms with E-state index in [1.165, 1.54) is 0 Å². The lowest BCUT2D eigenvalue weighted by Crippen LogP contribution is -2.32. The number of hydrogen-bond acceptors (Lipinski definition) is 3. The Bertz CT molecular complexity index is 570. The maximum Gasteiger partial charge on any atom is 0.166 e. The molecule has 0 bridgehead atoms. The molecular formula is C19H24O3. The molecule has 0 saturated carbocycles. The van der Waals surface area contributed by atoms with E-state index in [1.54, 1.807) is 7.11 Å². The molecule has 0 saturated heterocycles. The van der Waals surface area contributed by atoms with E-state index in [4.69, 9.17) is 4.74 Å². The molecule has 1 aromatic carbocycles. The Balaban J connectivity index is 2.42. The lowest BCUT2D eigenvalue weighted by Gasteiger charge is -2.29. The van der Waals surface area contributed by atoms with Gasteiger partial charge in [-0.2, -0.15) is 0 Å². The van der Waals surface area contributed by atoms with Crippen LogP contribution in [-0.2, 0) is 20.7 Å². The first-order valence-corrected chi connectivity index (χ1v) is 7.86. The predicted octanol–water partition coefficient (Wildman–Crippen LogP) is 3.38. The van der Waals surface area contributed by atoms with E-state index in [-0.39, 0.29) is 29.8 Å². The van der Waals surface area contributed by atoms with Crippen molar-refractivity contribution in [3.05, 3.63) is 47.0 Å². The third kappa shape index (κ3) is 3.72. The van der Waals surface area contributed by atoms with Crippen LogP contribution in [0.5, 0.6) is 0 Å². The molecule has 0 spiro atoms. The van der Waals surface area contributed by atoms with Crippen LogP contribution in [0.15, 0.2) is 41.5 Å². The summed E-state index contributed by atoms with van der Waals surface area (Å²) in [6.07, 6.45) is 1.36. The molecule has 0 aromatic heterocycles. The fourth-order valence-electron chi connectivity index (χ4n) is 3.24. The van der Waals surface area contributed by atoms with Crippen molar-refractivity contribution in [3.63, 3.8) is 0 Å². The van der Waals surface area contributed by atoms with Gasteiger partial charge in [0.2, 0.25) is 0 Å². The predicted molar refractivity (Wildman–Crippen MR) is 86.6 cm³/mol. The summed E-state index contributed by atoms with van der Waals surface area (Å²) in [7, 11) is 1.64. The minimum atomic E-state index is -0.185. The Morgan fingerprint density at radius 2 is 1.86 bits per heavy atom. The molecule has 3 nitrogen and oxygen atoms in total. The molecule has 1 unspecified atom stereocenters. The average molecular weight is 300 g/mol. The highest BCUT2D eigenvalue weighted by atomic mass is 16.5. The number of carbonyl (C=O) groups is 2. The molecule has 1 atom stereocenters. The van der Waals surface area contributed by atoms with Gasteiger partial charge in [0, 0.05) is 19.6 Å². The van der Waals surface area contributed by atoms with E-state index >= 15 is 0 Å². The van der Waals surface area contributed by atoms with E-state index < -0.39 is 0 Å². The van der Waals surface area contributed by atoms with Crippen molar-refractivity contribution in [2.75, 3.05) is 13.7 Å². The standard InChI is InChI=1S/C19H24O3/c1-13(2)19-16(11-14-7-5-4-6-8-14)15(9-10-22-3)17(20)12-18(19)21/h4-8,13,15H,9-12H2,1-3H3. The molecule has 1 aliphatic rings. The second kappa shape index (κ2) is 7.50. The third-order valence-corrected chi connectivity index (χ3v) is 4.22. The van der Waals surface area contributed by atoms with Crippen molar-refractivity contribution in [2.24, 2.45) is 11.8 Å². The number of ether oxygens (including phenoxy) is 1. The molecule has 0 fully saturated rings. The monoisotopic (exact) mass is 300 g/mol. The summed E-state index contributed by atoms with van der Waals surface area (Å²) in [6, 6.07) is 10.0. The highest BCUT2D eigenvalue weighted by Crippen LogP contribution is 2.34. The van der Waals surface area contributed by atoms with Gasteiger partial charge in [-0.3, -0.25) is 9.59 Å². The molecule has 0 N–H and O–H groups in total. The molecule has 1 aromatic rings. The molecule has 1 aliphatic carbocycles. The molecular weight excluding hydrogens is 276 g/mol. The number of methoxy groups -OCH3 is 1. The fraction of sp³-hybridized carbons (Fsp3) is 0.474. The summed E-state index contributed by atoms with van der Waals surface area (Å²) in [6.45, 7) is 4.59. The van der Waals surface area contributed by atoms with Crippen molar-refractivity contribution >= 4 is 11.6 Å². The quantitative estimate of drug-likeness (QED) is 0.756. The zero-order valence-corrected chi connectivity index (χ0v) is 13.6. The fourth-order valence-corrected chi connectivity index (χ4v) is 3.24. The van der Waals surface area contributed by atoms with Gasteiger partial charge in [0.1, 0.15) is 5.78 Å². The summed E-state index contributed by atoms with van der Waals surface area (Å²) in [5, 5.41) is 0. The highest BCUT2D eigenvalue weighted by Gasteiger charge is 2.35. The Labute approximate surface area is 132 Å². The molecule has 0 radical (unpaired) electrons. The van der Waals surface area contributed by atoms with Crippen LogP contribution in [0.25, 0.3) is 0 Å². The highest BCUT2D eigenvalue weighted by molar-refractivity contribution is 6.12. The largest absolute Gasteiger partial charge is 0.385 e. The van der Waals surface area contributed by atoms with Gasteiger partial charge in [-0.25, -0.2) is 0 Å². The second-order valence-corrected chi connectivity index (χ2v) is 6.16. The lowest BCUT2D eigenvalue weighted by atomic mass is 9.74. The topological polar surface area (TPSA) is 43.4 Å². The van der Waals surface area contributed by atoms with E-state index in [9.17, 15) is 9.59 Å². The molecule has 0 aliphatic heterocycles. The third-order valence-electron chi connectivity index (χ3n) is 4.22. The van der Waals surface area contributed by atoms with Gasteiger partial charge in [-0.1, -0.05) is 44.2 Å². The molecule has 0 heterocycles. The van der Waals surface area contributed by atoms with Crippen LogP contribution in [-0.4, -0.2) is 25.3 Å². The number of Topliss-reactive ketones (excluding diaryl/α,β-unsaturated/α-hetero) is 2. The summed E-state index contributed by atoms with van der Waals surface area (Å²) < 4.78 is 5.15. The molecule has 22 heavy (non-hydrogen) atoms. The molecule has 3 heteroatoms. The van der Waals surface area contributed by atoms with E-state index in [2.05, 4.69) is 0 Å². The maximum absolute atomic E-state index is 12.4. The number of rotatable bonds is 6. The SMILES string of the molecule is COCCC1C(=O)CC(=O)C(C(C)C)=C1Cc1ccccc1. The second-order valence-electron chi connectivity index (χ2n) is 6.16. The Kier molecular flexibility index (Phi) is 5.67. The van der Waals surface area contributed by atoms with Gasteiger partial charge in [-0.15, -0.1) is 0 Å². The summed E-state index contributed by atoms with van der Waals surface area (Å²) in [4.78, 5) is 24.7. The zero-order chi connectivity index (χ0) is 16.1. The number of benzene rings is 1. The van der Waals surface area contributed by atoms with Crippen LogP contribution in [0.4, 0.5) is 0 Å². The lowest BCUT2D eigenvalue weighted by molar-refractivity contribution is -0.128. The molecule has 0 amide bonds. The van der Waals surface area contributed by atoms with Crippen molar-refractivity contribution in [3.8, 4) is 0 Å². The van der Waals surface area contributed by atoms with E-state index in [0.717, 1.165) is 16.7 Å². The number of ketones is 2. The summed E-state index contributed by atoms with van der Waals surface area (Å²) in [5.41, 5.74) is 2.99.